The van der Waals surface area contributed by atoms with Gasteiger partial charge in [-0.2, -0.15) is 13.2 Å². The van der Waals surface area contributed by atoms with Gasteiger partial charge in [0.25, 0.3) is 0 Å². The van der Waals surface area contributed by atoms with Gasteiger partial charge in [0.15, 0.2) is 0 Å². The van der Waals surface area contributed by atoms with E-state index in [0.29, 0.717) is 25.4 Å². The van der Waals surface area contributed by atoms with Crippen LogP contribution in [0.3, 0.4) is 0 Å². The monoisotopic (exact) mass is 267 g/mol. The molecule has 0 radical (unpaired) electrons. The highest BCUT2D eigenvalue weighted by Crippen LogP contribution is 2.28. The Morgan fingerprint density at radius 2 is 2.12 bits per heavy atom. The molecule has 0 fully saturated rings. The predicted octanol–water partition coefficient (Wildman–Crippen LogP) is 2.95. The van der Waals surface area contributed by atoms with Gasteiger partial charge in [-0.3, -0.25) is 0 Å². The van der Waals surface area contributed by atoms with E-state index >= 15 is 0 Å². The first-order valence-corrected chi connectivity index (χ1v) is 5.73. The summed E-state index contributed by atoms with van der Waals surface area (Å²) in [6.45, 7) is 2.91. The molecule has 0 bridgehead atoms. The molecule has 1 aromatic heterocycles. The van der Waals surface area contributed by atoms with E-state index in [1.54, 1.807) is 4.90 Å². The van der Waals surface area contributed by atoms with Crippen molar-refractivity contribution in [3.8, 4) is 0 Å². The minimum Gasteiger partial charge on any atom is -0.341 e. The van der Waals surface area contributed by atoms with Crippen molar-refractivity contribution in [3.05, 3.63) is 18.0 Å². The molecule has 0 spiro atoms. The smallest absolute Gasteiger partial charge is 0.341 e. The van der Waals surface area contributed by atoms with Gasteiger partial charge in [0.2, 0.25) is 5.95 Å². The number of alkyl halides is 4. The van der Waals surface area contributed by atoms with Gasteiger partial charge in [-0.05, 0) is 19.4 Å². The van der Waals surface area contributed by atoms with Crippen LogP contribution in [0.25, 0.3) is 0 Å². The minimum atomic E-state index is -4.44. The SMILES string of the molecule is CCN(CCCCl)c1nccc(C(F)(F)F)n1. The molecule has 3 nitrogen and oxygen atoms in total. The fourth-order valence-corrected chi connectivity index (χ4v) is 1.43. The molecule has 0 aliphatic carbocycles. The molecular formula is C10H13ClF3N3. The molecule has 0 amide bonds. The molecule has 96 valence electrons. The summed E-state index contributed by atoms with van der Waals surface area (Å²) in [7, 11) is 0. The third kappa shape index (κ3) is 4.03. The van der Waals surface area contributed by atoms with E-state index in [1.807, 2.05) is 6.92 Å². The number of aromatic nitrogens is 2. The van der Waals surface area contributed by atoms with Crippen molar-refractivity contribution in [2.45, 2.75) is 19.5 Å². The fraction of sp³-hybridized carbons (Fsp3) is 0.600. The molecule has 0 saturated carbocycles. The highest BCUT2D eigenvalue weighted by atomic mass is 35.5. The van der Waals surface area contributed by atoms with Crippen LogP contribution in [0.2, 0.25) is 0 Å². The molecule has 7 heteroatoms. The number of halogens is 4. The summed E-state index contributed by atoms with van der Waals surface area (Å²) in [5, 5.41) is 0. The van der Waals surface area contributed by atoms with Crippen LogP contribution < -0.4 is 4.90 Å². The fourth-order valence-electron chi connectivity index (χ4n) is 1.31. The van der Waals surface area contributed by atoms with Crippen LogP contribution in [0.15, 0.2) is 12.3 Å². The van der Waals surface area contributed by atoms with E-state index in [4.69, 9.17) is 11.6 Å². The Hall–Kier alpha value is -1.04. The van der Waals surface area contributed by atoms with E-state index in [1.165, 1.54) is 0 Å². The number of hydrogen-bond acceptors (Lipinski definition) is 3. The highest BCUT2D eigenvalue weighted by molar-refractivity contribution is 6.17. The third-order valence-corrected chi connectivity index (χ3v) is 2.43. The Balaban J connectivity index is 2.89. The lowest BCUT2D eigenvalue weighted by Crippen LogP contribution is -2.27. The summed E-state index contributed by atoms with van der Waals surface area (Å²) < 4.78 is 37.4. The lowest BCUT2D eigenvalue weighted by Gasteiger charge is -2.20. The Labute approximate surface area is 103 Å². The topological polar surface area (TPSA) is 29.0 Å². The van der Waals surface area contributed by atoms with Crippen molar-refractivity contribution < 1.29 is 13.2 Å². The van der Waals surface area contributed by atoms with E-state index < -0.39 is 11.9 Å². The van der Waals surface area contributed by atoms with Gasteiger partial charge in [0.1, 0.15) is 5.69 Å². The Morgan fingerprint density at radius 3 is 2.65 bits per heavy atom. The van der Waals surface area contributed by atoms with E-state index in [-0.39, 0.29) is 5.95 Å². The van der Waals surface area contributed by atoms with Crippen LogP contribution in [0.4, 0.5) is 19.1 Å². The molecule has 0 saturated heterocycles. The highest BCUT2D eigenvalue weighted by Gasteiger charge is 2.33. The molecular weight excluding hydrogens is 255 g/mol. The van der Waals surface area contributed by atoms with Gasteiger partial charge in [0.05, 0.1) is 0 Å². The number of nitrogens with zero attached hydrogens (tertiary/aromatic N) is 3. The van der Waals surface area contributed by atoms with Crippen molar-refractivity contribution in [1.82, 2.24) is 9.97 Å². The van der Waals surface area contributed by atoms with Gasteiger partial charge in [-0.15, -0.1) is 11.6 Å². The van der Waals surface area contributed by atoms with Crippen molar-refractivity contribution in [2.24, 2.45) is 0 Å². The molecule has 0 N–H and O–H groups in total. The van der Waals surface area contributed by atoms with Crippen molar-refractivity contribution in [3.63, 3.8) is 0 Å². The van der Waals surface area contributed by atoms with E-state index in [0.717, 1.165) is 12.3 Å². The van der Waals surface area contributed by atoms with Gasteiger partial charge in [-0.1, -0.05) is 0 Å². The van der Waals surface area contributed by atoms with Crippen LogP contribution in [-0.4, -0.2) is 28.9 Å². The van der Waals surface area contributed by atoms with Crippen LogP contribution in [0, 0.1) is 0 Å². The second-order valence-electron chi connectivity index (χ2n) is 3.36. The third-order valence-electron chi connectivity index (χ3n) is 2.16. The average molecular weight is 268 g/mol. The number of anilines is 1. The standard InChI is InChI=1S/C10H13ClF3N3/c1-2-17(7-3-5-11)9-15-6-4-8(16-9)10(12,13)14/h4,6H,2-3,5,7H2,1H3. The molecule has 0 atom stereocenters. The summed E-state index contributed by atoms with van der Waals surface area (Å²) in [4.78, 5) is 9.03. The summed E-state index contributed by atoms with van der Waals surface area (Å²) >= 11 is 5.55. The predicted molar refractivity (Wildman–Crippen MR) is 60.3 cm³/mol. The van der Waals surface area contributed by atoms with Gasteiger partial charge in [-0.25, -0.2) is 9.97 Å². The maximum Gasteiger partial charge on any atom is 0.433 e. The quantitative estimate of drug-likeness (QED) is 0.768. The summed E-state index contributed by atoms with van der Waals surface area (Å²) in [5.74, 6) is 0.544. The van der Waals surface area contributed by atoms with Crippen LogP contribution in [-0.2, 0) is 6.18 Å². The summed E-state index contributed by atoms with van der Waals surface area (Å²) in [6.07, 6.45) is -2.65. The molecule has 17 heavy (non-hydrogen) atoms. The zero-order chi connectivity index (χ0) is 12.9. The molecule has 1 heterocycles. The van der Waals surface area contributed by atoms with Crippen molar-refractivity contribution >= 4 is 17.5 Å². The summed E-state index contributed by atoms with van der Waals surface area (Å²) in [6, 6.07) is 0.860. The lowest BCUT2D eigenvalue weighted by atomic mass is 10.4. The molecule has 0 aromatic carbocycles. The first-order chi connectivity index (χ1) is 7.99. The van der Waals surface area contributed by atoms with Crippen molar-refractivity contribution in [1.29, 1.82) is 0 Å². The zero-order valence-corrected chi connectivity index (χ0v) is 10.1. The molecule has 0 unspecified atom stereocenters. The second kappa shape index (κ2) is 6.05. The number of hydrogen-bond donors (Lipinski definition) is 0. The first-order valence-electron chi connectivity index (χ1n) is 5.20. The van der Waals surface area contributed by atoms with Gasteiger partial charge in [0, 0.05) is 25.2 Å². The average Bonchev–Trinajstić information content (AvgIpc) is 2.29. The maximum absolute atomic E-state index is 12.5. The van der Waals surface area contributed by atoms with E-state index in [2.05, 4.69) is 9.97 Å². The lowest BCUT2D eigenvalue weighted by molar-refractivity contribution is -0.141. The maximum atomic E-state index is 12.5. The Bertz CT molecular complexity index is 357. The van der Waals surface area contributed by atoms with Crippen LogP contribution in [0.5, 0.6) is 0 Å². The van der Waals surface area contributed by atoms with Gasteiger partial charge < -0.3 is 4.90 Å². The molecule has 0 aliphatic heterocycles. The van der Waals surface area contributed by atoms with Gasteiger partial charge >= 0.3 is 6.18 Å². The van der Waals surface area contributed by atoms with E-state index in [9.17, 15) is 13.2 Å². The zero-order valence-electron chi connectivity index (χ0n) is 9.34. The minimum absolute atomic E-state index is 0.0902. The molecule has 1 aromatic rings. The molecule has 1 rings (SSSR count). The first kappa shape index (κ1) is 14.0. The largest absolute Gasteiger partial charge is 0.433 e. The second-order valence-corrected chi connectivity index (χ2v) is 3.74. The van der Waals surface area contributed by atoms with Crippen LogP contribution >= 0.6 is 11.6 Å². The van der Waals surface area contributed by atoms with Crippen LogP contribution in [0.1, 0.15) is 19.0 Å². The normalized spacial score (nSPS) is 11.6. The number of rotatable bonds is 5. The Kier molecular flexibility index (Phi) is 4.99. The molecule has 0 aliphatic rings. The Morgan fingerprint density at radius 1 is 1.41 bits per heavy atom. The van der Waals surface area contributed by atoms with Crippen molar-refractivity contribution in [2.75, 3.05) is 23.9 Å². The summed E-state index contributed by atoms with van der Waals surface area (Å²) in [5.41, 5.74) is -0.924.